The van der Waals surface area contributed by atoms with Crippen molar-refractivity contribution in [3.63, 3.8) is 0 Å². The largest absolute Gasteiger partial charge is 0.372 e. The molecule has 0 radical (unpaired) electrons. The van der Waals surface area contributed by atoms with Gasteiger partial charge in [0, 0.05) is 5.54 Å². The van der Waals surface area contributed by atoms with Gasteiger partial charge < -0.3 is 10.1 Å². The minimum Gasteiger partial charge on any atom is -0.372 e. The topological polar surface area (TPSA) is 21.3 Å². The lowest BCUT2D eigenvalue weighted by atomic mass is 9.82. The highest BCUT2D eigenvalue weighted by atomic mass is 16.5. The molecular weight excluding hydrogens is 258 g/mol. The monoisotopic (exact) mass is 295 g/mol. The van der Waals surface area contributed by atoms with Crippen molar-refractivity contribution in [2.45, 2.75) is 103 Å². The molecule has 0 bridgehead atoms. The van der Waals surface area contributed by atoms with Gasteiger partial charge in [0.05, 0.1) is 11.7 Å². The molecule has 2 fully saturated rings. The van der Waals surface area contributed by atoms with Crippen LogP contribution in [0.2, 0.25) is 0 Å². The van der Waals surface area contributed by atoms with E-state index in [0.717, 1.165) is 18.4 Å². The van der Waals surface area contributed by atoms with Gasteiger partial charge in [0.1, 0.15) is 0 Å². The first-order chi connectivity index (χ1) is 9.80. The predicted octanol–water partition coefficient (Wildman–Crippen LogP) is 4.92. The fraction of sp³-hybridized carbons (Fsp3) is 1.00. The SMILES string of the molecule is CC(C)C(CNC(C)(C)C)CC1CCC2(CCCCC2)O1. The van der Waals surface area contributed by atoms with Gasteiger partial charge in [0.25, 0.3) is 0 Å². The molecular formula is C19H37NO. The maximum Gasteiger partial charge on any atom is 0.0687 e. The van der Waals surface area contributed by atoms with Gasteiger partial charge in [-0.1, -0.05) is 33.1 Å². The van der Waals surface area contributed by atoms with Crippen LogP contribution in [0.15, 0.2) is 0 Å². The summed E-state index contributed by atoms with van der Waals surface area (Å²) in [6.45, 7) is 12.6. The van der Waals surface area contributed by atoms with Crippen LogP contribution in [0, 0.1) is 11.8 Å². The number of nitrogens with one attached hydrogen (secondary N) is 1. The Morgan fingerprint density at radius 3 is 2.33 bits per heavy atom. The van der Waals surface area contributed by atoms with E-state index < -0.39 is 0 Å². The van der Waals surface area contributed by atoms with Crippen LogP contribution in [-0.4, -0.2) is 23.8 Å². The van der Waals surface area contributed by atoms with E-state index in [-0.39, 0.29) is 11.1 Å². The number of rotatable bonds is 5. The zero-order valence-electron chi connectivity index (χ0n) is 15.0. The summed E-state index contributed by atoms with van der Waals surface area (Å²) in [6.07, 6.45) is 11.2. The van der Waals surface area contributed by atoms with Gasteiger partial charge in [-0.2, -0.15) is 0 Å². The Labute approximate surface area is 132 Å². The van der Waals surface area contributed by atoms with E-state index in [4.69, 9.17) is 4.74 Å². The number of ether oxygens (including phenoxy) is 1. The van der Waals surface area contributed by atoms with Gasteiger partial charge in [-0.15, -0.1) is 0 Å². The lowest BCUT2D eigenvalue weighted by Crippen LogP contribution is -2.41. The average molecular weight is 296 g/mol. The predicted molar refractivity (Wildman–Crippen MR) is 90.6 cm³/mol. The van der Waals surface area contributed by atoms with Crippen LogP contribution in [0.4, 0.5) is 0 Å². The zero-order chi connectivity index (χ0) is 15.5. The summed E-state index contributed by atoms with van der Waals surface area (Å²) in [5, 5.41) is 3.69. The summed E-state index contributed by atoms with van der Waals surface area (Å²) < 4.78 is 6.57. The third-order valence-electron chi connectivity index (χ3n) is 5.51. The normalized spacial score (nSPS) is 27.4. The summed E-state index contributed by atoms with van der Waals surface area (Å²) in [7, 11) is 0. The molecule has 124 valence electrons. The first-order valence-corrected chi connectivity index (χ1v) is 9.23. The van der Waals surface area contributed by atoms with E-state index in [1.165, 1.54) is 51.4 Å². The summed E-state index contributed by atoms with van der Waals surface area (Å²) in [5.74, 6) is 1.46. The Balaban J connectivity index is 1.83. The molecule has 2 rings (SSSR count). The summed E-state index contributed by atoms with van der Waals surface area (Å²) in [6, 6.07) is 0. The van der Waals surface area contributed by atoms with E-state index in [0.29, 0.717) is 6.10 Å². The zero-order valence-corrected chi connectivity index (χ0v) is 15.0. The standard InChI is InChI=1S/C19H37NO/c1-15(2)16(14-20-18(3,4)5)13-17-9-12-19(21-17)10-7-6-8-11-19/h15-17,20H,6-14H2,1-5H3. The molecule has 1 spiro atoms. The molecule has 1 heterocycles. The van der Waals surface area contributed by atoms with Crippen LogP contribution in [0.1, 0.15) is 86.0 Å². The fourth-order valence-electron chi connectivity index (χ4n) is 3.99. The van der Waals surface area contributed by atoms with Crippen LogP contribution in [0.25, 0.3) is 0 Å². The summed E-state index contributed by atoms with van der Waals surface area (Å²) in [5.41, 5.74) is 0.496. The van der Waals surface area contributed by atoms with E-state index in [9.17, 15) is 0 Å². The number of hydrogen-bond acceptors (Lipinski definition) is 2. The molecule has 1 saturated carbocycles. The molecule has 0 aromatic carbocycles. The van der Waals surface area contributed by atoms with Crippen molar-refractivity contribution in [1.82, 2.24) is 5.32 Å². The van der Waals surface area contributed by atoms with Crippen molar-refractivity contribution < 1.29 is 4.74 Å². The maximum atomic E-state index is 6.57. The van der Waals surface area contributed by atoms with Gasteiger partial charge in [0.15, 0.2) is 0 Å². The van der Waals surface area contributed by atoms with Gasteiger partial charge in [-0.25, -0.2) is 0 Å². The molecule has 2 atom stereocenters. The molecule has 0 amide bonds. The summed E-state index contributed by atoms with van der Waals surface area (Å²) >= 11 is 0. The van der Waals surface area contributed by atoms with Crippen LogP contribution in [-0.2, 0) is 4.74 Å². The molecule has 0 aromatic heterocycles. The van der Waals surface area contributed by atoms with Crippen molar-refractivity contribution in [2.24, 2.45) is 11.8 Å². The minimum absolute atomic E-state index is 0.217. The second kappa shape index (κ2) is 7.00. The highest BCUT2D eigenvalue weighted by Crippen LogP contribution is 2.43. The van der Waals surface area contributed by atoms with Crippen molar-refractivity contribution in [3.05, 3.63) is 0 Å². The Bertz CT molecular complexity index is 312. The first-order valence-electron chi connectivity index (χ1n) is 9.23. The fourth-order valence-corrected chi connectivity index (χ4v) is 3.99. The van der Waals surface area contributed by atoms with Gasteiger partial charge in [-0.3, -0.25) is 0 Å². The molecule has 1 aliphatic carbocycles. The molecule has 2 aliphatic rings. The Morgan fingerprint density at radius 2 is 1.76 bits per heavy atom. The first kappa shape index (κ1) is 17.3. The van der Waals surface area contributed by atoms with E-state index in [2.05, 4.69) is 39.9 Å². The van der Waals surface area contributed by atoms with Crippen molar-refractivity contribution >= 4 is 0 Å². The Kier molecular flexibility index (Phi) is 5.76. The van der Waals surface area contributed by atoms with Gasteiger partial charge in [-0.05, 0) is 71.3 Å². The third-order valence-corrected chi connectivity index (χ3v) is 5.51. The van der Waals surface area contributed by atoms with Crippen molar-refractivity contribution in [2.75, 3.05) is 6.54 Å². The lowest BCUT2D eigenvalue weighted by molar-refractivity contribution is -0.0715. The maximum absolute atomic E-state index is 6.57. The average Bonchev–Trinajstić information content (AvgIpc) is 2.77. The van der Waals surface area contributed by atoms with Crippen LogP contribution >= 0.6 is 0 Å². The molecule has 2 unspecified atom stereocenters. The van der Waals surface area contributed by atoms with E-state index in [1.54, 1.807) is 0 Å². The quantitative estimate of drug-likeness (QED) is 0.777. The second-order valence-electron chi connectivity index (χ2n) is 8.89. The van der Waals surface area contributed by atoms with Crippen molar-refractivity contribution in [1.29, 1.82) is 0 Å². The molecule has 2 nitrogen and oxygen atoms in total. The molecule has 21 heavy (non-hydrogen) atoms. The third kappa shape index (κ3) is 5.25. The molecule has 0 aromatic rings. The Morgan fingerprint density at radius 1 is 1.10 bits per heavy atom. The van der Waals surface area contributed by atoms with Gasteiger partial charge in [0.2, 0.25) is 0 Å². The lowest BCUT2D eigenvalue weighted by Gasteiger charge is -2.34. The van der Waals surface area contributed by atoms with Crippen LogP contribution < -0.4 is 5.32 Å². The highest BCUT2D eigenvalue weighted by Gasteiger charge is 2.41. The smallest absolute Gasteiger partial charge is 0.0687 e. The van der Waals surface area contributed by atoms with E-state index >= 15 is 0 Å². The Hall–Kier alpha value is -0.0800. The van der Waals surface area contributed by atoms with Crippen LogP contribution in [0.5, 0.6) is 0 Å². The molecule has 1 N–H and O–H groups in total. The molecule has 2 heteroatoms. The number of hydrogen-bond donors (Lipinski definition) is 1. The van der Waals surface area contributed by atoms with Crippen LogP contribution in [0.3, 0.4) is 0 Å². The van der Waals surface area contributed by atoms with Crippen molar-refractivity contribution in [3.8, 4) is 0 Å². The molecule has 1 aliphatic heterocycles. The highest BCUT2D eigenvalue weighted by molar-refractivity contribution is 4.92. The van der Waals surface area contributed by atoms with Gasteiger partial charge >= 0.3 is 0 Å². The minimum atomic E-state index is 0.217. The molecule has 1 saturated heterocycles. The summed E-state index contributed by atoms with van der Waals surface area (Å²) in [4.78, 5) is 0. The second-order valence-corrected chi connectivity index (χ2v) is 8.89. The van der Waals surface area contributed by atoms with E-state index in [1.807, 2.05) is 0 Å².